The SMILES string of the molecule is CC(C)c1ccc(C2CC3(C2)CC(C)(O)C3)nc1. The van der Waals surface area contributed by atoms with Crippen LogP contribution in [-0.2, 0) is 0 Å². The number of aromatic nitrogens is 1. The van der Waals surface area contributed by atoms with Crippen molar-refractivity contribution >= 4 is 0 Å². The first-order chi connectivity index (χ1) is 8.39. The van der Waals surface area contributed by atoms with Crippen LogP contribution in [0.4, 0.5) is 0 Å². The Balaban J connectivity index is 1.62. The zero-order valence-electron chi connectivity index (χ0n) is 11.6. The van der Waals surface area contributed by atoms with Gasteiger partial charge in [-0.1, -0.05) is 19.9 Å². The van der Waals surface area contributed by atoms with Crippen LogP contribution in [0.1, 0.15) is 69.5 Å². The van der Waals surface area contributed by atoms with Crippen molar-refractivity contribution in [3.05, 3.63) is 29.6 Å². The molecule has 0 atom stereocenters. The monoisotopic (exact) mass is 245 g/mol. The number of aliphatic hydroxyl groups is 1. The first kappa shape index (κ1) is 12.2. The van der Waals surface area contributed by atoms with E-state index in [1.807, 2.05) is 13.1 Å². The smallest absolute Gasteiger partial charge is 0.0630 e. The third-order valence-electron chi connectivity index (χ3n) is 4.76. The molecule has 2 heteroatoms. The third-order valence-corrected chi connectivity index (χ3v) is 4.76. The number of hydrogen-bond donors (Lipinski definition) is 1. The van der Waals surface area contributed by atoms with Crippen molar-refractivity contribution in [2.24, 2.45) is 5.41 Å². The van der Waals surface area contributed by atoms with Crippen molar-refractivity contribution in [2.45, 2.75) is 63.9 Å². The van der Waals surface area contributed by atoms with Gasteiger partial charge in [0.1, 0.15) is 0 Å². The summed E-state index contributed by atoms with van der Waals surface area (Å²) in [7, 11) is 0. The maximum Gasteiger partial charge on any atom is 0.0630 e. The van der Waals surface area contributed by atoms with Crippen molar-refractivity contribution < 1.29 is 5.11 Å². The van der Waals surface area contributed by atoms with Gasteiger partial charge in [0.15, 0.2) is 0 Å². The molecule has 2 fully saturated rings. The average molecular weight is 245 g/mol. The summed E-state index contributed by atoms with van der Waals surface area (Å²) in [5.74, 6) is 1.18. The minimum absolute atomic E-state index is 0.389. The van der Waals surface area contributed by atoms with Crippen molar-refractivity contribution in [1.82, 2.24) is 4.98 Å². The van der Waals surface area contributed by atoms with Gasteiger partial charge in [-0.3, -0.25) is 4.98 Å². The van der Waals surface area contributed by atoms with Gasteiger partial charge < -0.3 is 5.11 Å². The predicted molar refractivity (Wildman–Crippen MR) is 72.6 cm³/mol. The van der Waals surface area contributed by atoms with Gasteiger partial charge in [-0.05, 0) is 55.6 Å². The number of pyridine rings is 1. The van der Waals surface area contributed by atoms with Crippen molar-refractivity contribution in [3.8, 4) is 0 Å². The normalized spacial score (nSPS) is 38.6. The molecule has 98 valence electrons. The fraction of sp³-hybridized carbons (Fsp3) is 0.688. The van der Waals surface area contributed by atoms with Crippen LogP contribution < -0.4 is 0 Å². The second kappa shape index (κ2) is 3.80. The van der Waals surface area contributed by atoms with E-state index < -0.39 is 0 Å². The topological polar surface area (TPSA) is 33.1 Å². The summed E-state index contributed by atoms with van der Waals surface area (Å²) in [6, 6.07) is 4.42. The second-order valence-corrected chi connectivity index (χ2v) is 7.13. The predicted octanol–water partition coefficient (Wildman–Crippen LogP) is 3.61. The van der Waals surface area contributed by atoms with E-state index in [9.17, 15) is 5.11 Å². The Morgan fingerprint density at radius 1 is 1.28 bits per heavy atom. The van der Waals surface area contributed by atoms with Crippen LogP contribution >= 0.6 is 0 Å². The van der Waals surface area contributed by atoms with Crippen molar-refractivity contribution in [3.63, 3.8) is 0 Å². The van der Waals surface area contributed by atoms with E-state index in [2.05, 4.69) is 31.0 Å². The summed E-state index contributed by atoms with van der Waals surface area (Å²) < 4.78 is 0. The van der Waals surface area contributed by atoms with E-state index in [0.717, 1.165) is 12.8 Å². The van der Waals surface area contributed by atoms with Gasteiger partial charge in [0.2, 0.25) is 0 Å². The van der Waals surface area contributed by atoms with Gasteiger partial charge in [0.25, 0.3) is 0 Å². The Bertz CT molecular complexity index is 431. The van der Waals surface area contributed by atoms with Crippen LogP contribution in [0.3, 0.4) is 0 Å². The molecule has 1 spiro atoms. The Hall–Kier alpha value is -0.890. The molecule has 0 unspecified atom stereocenters. The molecule has 0 aliphatic heterocycles. The first-order valence-corrected chi connectivity index (χ1v) is 7.07. The molecule has 1 aromatic rings. The summed E-state index contributed by atoms with van der Waals surface area (Å²) in [6.45, 7) is 6.36. The fourth-order valence-corrected chi connectivity index (χ4v) is 4.05. The summed E-state index contributed by atoms with van der Waals surface area (Å²) in [6.07, 6.45) is 6.44. The zero-order chi connectivity index (χ0) is 13.0. The standard InChI is InChI=1S/C16H23NO/c1-11(2)12-4-5-14(17-8-12)13-6-16(7-13)9-15(3,18)10-16/h4-5,8,11,13,18H,6-7,9-10H2,1-3H3. The van der Waals surface area contributed by atoms with E-state index in [1.165, 1.54) is 24.1 Å². The lowest BCUT2D eigenvalue weighted by Crippen LogP contribution is -2.55. The largest absolute Gasteiger partial charge is 0.390 e. The molecule has 2 aliphatic rings. The Morgan fingerprint density at radius 3 is 2.39 bits per heavy atom. The maximum atomic E-state index is 9.85. The zero-order valence-corrected chi connectivity index (χ0v) is 11.6. The van der Waals surface area contributed by atoms with E-state index in [-0.39, 0.29) is 5.60 Å². The molecule has 2 saturated carbocycles. The molecule has 18 heavy (non-hydrogen) atoms. The quantitative estimate of drug-likeness (QED) is 0.863. The lowest BCUT2D eigenvalue weighted by Gasteiger charge is -2.60. The molecule has 1 N–H and O–H groups in total. The summed E-state index contributed by atoms with van der Waals surface area (Å²) in [4.78, 5) is 4.62. The maximum absolute atomic E-state index is 9.85. The molecule has 1 aromatic heterocycles. The van der Waals surface area contributed by atoms with Gasteiger partial charge >= 0.3 is 0 Å². The van der Waals surface area contributed by atoms with E-state index in [4.69, 9.17) is 0 Å². The van der Waals surface area contributed by atoms with Crippen LogP contribution in [0, 0.1) is 5.41 Å². The number of hydrogen-bond acceptors (Lipinski definition) is 2. The highest BCUT2D eigenvalue weighted by molar-refractivity contribution is 5.24. The summed E-state index contributed by atoms with van der Waals surface area (Å²) in [5, 5.41) is 9.85. The average Bonchev–Trinajstić information content (AvgIpc) is 2.22. The fourth-order valence-electron chi connectivity index (χ4n) is 4.05. The van der Waals surface area contributed by atoms with Crippen LogP contribution in [0.5, 0.6) is 0 Å². The summed E-state index contributed by atoms with van der Waals surface area (Å²) in [5.41, 5.74) is 2.63. The molecule has 0 saturated heterocycles. The highest BCUT2D eigenvalue weighted by Crippen LogP contribution is 2.64. The van der Waals surface area contributed by atoms with Crippen LogP contribution in [0.15, 0.2) is 18.3 Å². The Kier molecular flexibility index (Phi) is 2.57. The molecule has 0 amide bonds. The second-order valence-electron chi connectivity index (χ2n) is 7.13. The van der Waals surface area contributed by atoms with E-state index >= 15 is 0 Å². The van der Waals surface area contributed by atoms with Crippen molar-refractivity contribution in [2.75, 3.05) is 0 Å². The number of rotatable bonds is 2. The van der Waals surface area contributed by atoms with Crippen LogP contribution in [0.2, 0.25) is 0 Å². The lowest BCUT2D eigenvalue weighted by molar-refractivity contribution is -0.158. The van der Waals surface area contributed by atoms with E-state index in [0.29, 0.717) is 17.3 Å². The molecule has 1 heterocycles. The van der Waals surface area contributed by atoms with Gasteiger partial charge in [-0.15, -0.1) is 0 Å². The minimum Gasteiger partial charge on any atom is -0.390 e. The molecular weight excluding hydrogens is 222 g/mol. The van der Waals surface area contributed by atoms with Gasteiger partial charge in [-0.2, -0.15) is 0 Å². The van der Waals surface area contributed by atoms with Crippen LogP contribution in [0.25, 0.3) is 0 Å². The highest BCUT2D eigenvalue weighted by Gasteiger charge is 2.57. The molecule has 0 aromatic carbocycles. The Morgan fingerprint density at radius 2 is 1.94 bits per heavy atom. The van der Waals surface area contributed by atoms with Gasteiger partial charge in [0, 0.05) is 17.8 Å². The highest BCUT2D eigenvalue weighted by atomic mass is 16.3. The molecule has 0 bridgehead atoms. The van der Waals surface area contributed by atoms with E-state index in [1.54, 1.807) is 0 Å². The van der Waals surface area contributed by atoms with Gasteiger partial charge in [0.05, 0.1) is 5.60 Å². The van der Waals surface area contributed by atoms with Crippen LogP contribution in [-0.4, -0.2) is 15.7 Å². The molecular formula is C16H23NO. The third kappa shape index (κ3) is 1.97. The number of nitrogens with zero attached hydrogens (tertiary/aromatic N) is 1. The van der Waals surface area contributed by atoms with Crippen molar-refractivity contribution in [1.29, 1.82) is 0 Å². The minimum atomic E-state index is -0.389. The van der Waals surface area contributed by atoms with Gasteiger partial charge in [-0.25, -0.2) is 0 Å². The molecule has 0 radical (unpaired) electrons. The first-order valence-electron chi connectivity index (χ1n) is 7.07. The summed E-state index contributed by atoms with van der Waals surface area (Å²) >= 11 is 0. The molecule has 2 nitrogen and oxygen atoms in total. The lowest BCUT2D eigenvalue weighted by atomic mass is 9.46. The Labute approximate surface area is 109 Å². The molecule has 3 rings (SSSR count). The molecule has 2 aliphatic carbocycles.